The molecule has 0 aliphatic rings. The average molecular weight is 252 g/mol. The lowest BCUT2D eigenvalue weighted by Crippen LogP contribution is -2.30. The summed E-state index contributed by atoms with van der Waals surface area (Å²) in [6.45, 7) is 1.88. The van der Waals surface area contributed by atoms with Crippen molar-refractivity contribution in [2.45, 2.75) is 19.4 Å². The fraction of sp³-hybridized carbons (Fsp3) is 0.231. The number of halogens is 2. The van der Waals surface area contributed by atoms with Gasteiger partial charge in [0.2, 0.25) is 0 Å². The highest BCUT2D eigenvalue weighted by Crippen LogP contribution is 2.23. The third-order valence-corrected chi connectivity index (χ3v) is 2.86. The number of hydrazine groups is 1. The second-order valence-electron chi connectivity index (χ2n) is 4.13. The molecule has 1 atom stereocenters. The van der Waals surface area contributed by atoms with Gasteiger partial charge >= 0.3 is 0 Å². The van der Waals surface area contributed by atoms with Gasteiger partial charge in [0.1, 0.15) is 17.4 Å². The maximum absolute atomic E-state index is 13.6. The van der Waals surface area contributed by atoms with Gasteiger partial charge in [0.15, 0.2) is 0 Å². The second kappa shape index (κ2) is 5.29. The average Bonchev–Trinajstić information content (AvgIpc) is 2.75. The molecule has 0 aliphatic heterocycles. The minimum absolute atomic E-state index is 0.289. The van der Waals surface area contributed by atoms with Gasteiger partial charge < -0.3 is 4.42 Å². The zero-order chi connectivity index (χ0) is 13.1. The smallest absolute Gasteiger partial charge is 0.129 e. The molecule has 5 heteroatoms. The van der Waals surface area contributed by atoms with Gasteiger partial charge in [-0.15, -0.1) is 0 Å². The van der Waals surface area contributed by atoms with Crippen molar-refractivity contribution in [3.05, 3.63) is 59.1 Å². The second-order valence-corrected chi connectivity index (χ2v) is 4.13. The minimum atomic E-state index is -0.595. The first-order valence-electron chi connectivity index (χ1n) is 5.56. The number of benzene rings is 1. The predicted molar refractivity (Wildman–Crippen MR) is 63.6 cm³/mol. The van der Waals surface area contributed by atoms with Crippen LogP contribution in [-0.2, 0) is 6.42 Å². The van der Waals surface area contributed by atoms with Crippen LogP contribution in [0.4, 0.5) is 8.78 Å². The summed E-state index contributed by atoms with van der Waals surface area (Å²) in [7, 11) is 0. The van der Waals surface area contributed by atoms with E-state index in [2.05, 4.69) is 5.43 Å². The van der Waals surface area contributed by atoms with E-state index in [0.29, 0.717) is 11.3 Å². The van der Waals surface area contributed by atoms with Crippen molar-refractivity contribution in [3.8, 4) is 0 Å². The molecule has 0 spiro atoms. The summed E-state index contributed by atoms with van der Waals surface area (Å²) in [5, 5.41) is 0. The van der Waals surface area contributed by atoms with Crippen LogP contribution < -0.4 is 11.3 Å². The van der Waals surface area contributed by atoms with Crippen molar-refractivity contribution in [1.29, 1.82) is 0 Å². The largest absolute Gasteiger partial charge is 0.467 e. The number of aryl methyl sites for hydroxylation is 1. The summed E-state index contributed by atoms with van der Waals surface area (Å²) >= 11 is 0. The molecule has 1 heterocycles. The predicted octanol–water partition coefficient (Wildman–Crippen LogP) is 2.61. The van der Waals surface area contributed by atoms with Crippen molar-refractivity contribution in [3.63, 3.8) is 0 Å². The molecular weight excluding hydrogens is 238 g/mol. The summed E-state index contributed by atoms with van der Waals surface area (Å²) in [5.74, 6) is 4.93. The number of hydrogen-bond donors (Lipinski definition) is 2. The van der Waals surface area contributed by atoms with Crippen LogP contribution in [0.25, 0.3) is 0 Å². The van der Waals surface area contributed by atoms with Gasteiger partial charge in [-0.2, -0.15) is 0 Å². The molecule has 3 nitrogen and oxygen atoms in total. The lowest BCUT2D eigenvalue weighted by atomic mass is 10.0. The van der Waals surface area contributed by atoms with Crippen LogP contribution in [0.1, 0.15) is 22.9 Å². The Kier molecular flexibility index (Phi) is 3.74. The van der Waals surface area contributed by atoms with Crippen LogP contribution in [0.15, 0.2) is 34.9 Å². The Hall–Kier alpha value is -1.72. The molecule has 2 aromatic rings. The maximum Gasteiger partial charge on any atom is 0.129 e. The number of furan rings is 1. The van der Waals surface area contributed by atoms with Crippen molar-refractivity contribution in [1.82, 2.24) is 5.43 Å². The molecule has 0 aliphatic carbocycles. The molecule has 1 unspecified atom stereocenters. The van der Waals surface area contributed by atoms with E-state index >= 15 is 0 Å². The SMILES string of the molecule is Cc1ccoc1C(Cc1ccc(F)cc1F)NN. The summed E-state index contributed by atoms with van der Waals surface area (Å²) in [6, 6.07) is 4.95. The molecule has 0 amide bonds. The summed E-state index contributed by atoms with van der Waals surface area (Å²) in [5.41, 5.74) is 3.90. The van der Waals surface area contributed by atoms with E-state index in [1.54, 1.807) is 12.3 Å². The first-order valence-corrected chi connectivity index (χ1v) is 5.56. The van der Waals surface area contributed by atoms with Crippen molar-refractivity contribution < 1.29 is 13.2 Å². The van der Waals surface area contributed by atoms with E-state index in [0.717, 1.165) is 11.6 Å². The molecule has 2 rings (SSSR count). The molecule has 1 aromatic carbocycles. The van der Waals surface area contributed by atoms with Gasteiger partial charge in [-0.3, -0.25) is 5.84 Å². The highest BCUT2D eigenvalue weighted by molar-refractivity contribution is 5.24. The Labute approximate surface area is 104 Å². The molecule has 3 N–H and O–H groups in total. The number of nitrogens with one attached hydrogen (secondary N) is 1. The highest BCUT2D eigenvalue weighted by atomic mass is 19.1. The fourth-order valence-corrected chi connectivity index (χ4v) is 1.88. The van der Waals surface area contributed by atoms with E-state index in [1.165, 1.54) is 12.1 Å². The number of nitrogens with two attached hydrogens (primary N) is 1. The lowest BCUT2D eigenvalue weighted by molar-refractivity contribution is 0.409. The van der Waals surface area contributed by atoms with Crippen LogP contribution >= 0.6 is 0 Å². The lowest BCUT2D eigenvalue weighted by Gasteiger charge is -2.15. The zero-order valence-corrected chi connectivity index (χ0v) is 9.91. The van der Waals surface area contributed by atoms with E-state index in [9.17, 15) is 8.78 Å². The summed E-state index contributed by atoms with van der Waals surface area (Å²) < 4.78 is 31.7. The Morgan fingerprint density at radius 1 is 1.33 bits per heavy atom. The van der Waals surface area contributed by atoms with Crippen molar-refractivity contribution in [2.75, 3.05) is 0 Å². The number of hydrogen-bond acceptors (Lipinski definition) is 3. The number of rotatable bonds is 4. The third-order valence-electron chi connectivity index (χ3n) is 2.86. The topological polar surface area (TPSA) is 51.2 Å². The molecule has 0 radical (unpaired) electrons. The molecular formula is C13H14F2N2O. The van der Waals surface area contributed by atoms with Crippen molar-refractivity contribution >= 4 is 0 Å². The van der Waals surface area contributed by atoms with Crippen LogP contribution in [-0.4, -0.2) is 0 Å². The Balaban J connectivity index is 2.23. The molecule has 0 saturated heterocycles. The van der Waals surface area contributed by atoms with E-state index < -0.39 is 11.6 Å². The summed E-state index contributed by atoms with van der Waals surface area (Å²) in [6.07, 6.45) is 1.84. The van der Waals surface area contributed by atoms with E-state index in [4.69, 9.17) is 10.3 Å². The molecule has 0 fully saturated rings. The Morgan fingerprint density at radius 2 is 2.11 bits per heavy atom. The van der Waals surface area contributed by atoms with Crippen LogP contribution in [0.3, 0.4) is 0 Å². The van der Waals surface area contributed by atoms with Gasteiger partial charge in [-0.05, 0) is 36.6 Å². The Morgan fingerprint density at radius 3 is 2.67 bits per heavy atom. The van der Waals surface area contributed by atoms with Gasteiger partial charge in [-0.25, -0.2) is 14.2 Å². The van der Waals surface area contributed by atoms with Gasteiger partial charge in [0.05, 0.1) is 12.3 Å². The molecule has 1 aromatic heterocycles. The first kappa shape index (κ1) is 12.7. The summed E-state index contributed by atoms with van der Waals surface area (Å²) in [4.78, 5) is 0. The normalized spacial score (nSPS) is 12.7. The fourth-order valence-electron chi connectivity index (χ4n) is 1.88. The molecule has 0 saturated carbocycles. The van der Waals surface area contributed by atoms with Gasteiger partial charge in [0, 0.05) is 6.07 Å². The van der Waals surface area contributed by atoms with Crippen molar-refractivity contribution in [2.24, 2.45) is 5.84 Å². The molecule has 18 heavy (non-hydrogen) atoms. The minimum Gasteiger partial charge on any atom is -0.467 e. The van der Waals surface area contributed by atoms with Crippen LogP contribution in [0.5, 0.6) is 0 Å². The molecule has 96 valence electrons. The van der Waals surface area contributed by atoms with E-state index in [1.807, 2.05) is 6.92 Å². The standard InChI is InChI=1S/C13H14F2N2O/c1-8-4-5-18-13(8)12(17-16)6-9-2-3-10(14)7-11(9)15/h2-5,7,12,17H,6,16H2,1H3. The monoisotopic (exact) mass is 252 g/mol. The quantitative estimate of drug-likeness (QED) is 0.649. The van der Waals surface area contributed by atoms with Crippen LogP contribution in [0.2, 0.25) is 0 Å². The van der Waals surface area contributed by atoms with Gasteiger partial charge in [0.25, 0.3) is 0 Å². The van der Waals surface area contributed by atoms with Gasteiger partial charge in [-0.1, -0.05) is 6.07 Å². The van der Waals surface area contributed by atoms with E-state index in [-0.39, 0.29) is 12.5 Å². The highest BCUT2D eigenvalue weighted by Gasteiger charge is 2.18. The zero-order valence-electron chi connectivity index (χ0n) is 9.91. The Bertz CT molecular complexity index is 540. The van der Waals surface area contributed by atoms with Crippen LogP contribution in [0, 0.1) is 18.6 Å². The maximum atomic E-state index is 13.6. The first-order chi connectivity index (χ1) is 8.61. The third kappa shape index (κ3) is 2.57. The molecule has 0 bridgehead atoms.